The Labute approximate surface area is 128 Å². The molecule has 0 aliphatic rings. The molecule has 0 heterocycles. The SMILES string of the molecule is CC[C@H](C)[C@H](N)C(=O)Nc1ccccc1CN(CC)CC. The molecule has 2 atom stereocenters. The van der Waals surface area contributed by atoms with Crippen LogP contribution in [0.25, 0.3) is 0 Å². The molecule has 1 aromatic carbocycles. The summed E-state index contributed by atoms with van der Waals surface area (Å²) in [7, 11) is 0. The van der Waals surface area contributed by atoms with Crippen molar-refractivity contribution in [2.75, 3.05) is 18.4 Å². The normalized spacial score (nSPS) is 14.0. The zero-order chi connectivity index (χ0) is 15.8. The van der Waals surface area contributed by atoms with Crippen molar-refractivity contribution in [1.29, 1.82) is 0 Å². The number of benzene rings is 1. The van der Waals surface area contributed by atoms with E-state index in [0.717, 1.165) is 37.3 Å². The number of hydrogen-bond donors (Lipinski definition) is 2. The fourth-order valence-corrected chi connectivity index (χ4v) is 2.20. The Kier molecular flexibility index (Phi) is 7.40. The number of nitrogens with zero attached hydrogens (tertiary/aromatic N) is 1. The second-order valence-corrected chi connectivity index (χ2v) is 5.52. The zero-order valence-electron chi connectivity index (χ0n) is 13.7. The number of nitrogens with one attached hydrogen (secondary N) is 1. The minimum absolute atomic E-state index is 0.101. The van der Waals surface area contributed by atoms with Gasteiger partial charge in [0, 0.05) is 12.2 Å². The highest BCUT2D eigenvalue weighted by Crippen LogP contribution is 2.18. The van der Waals surface area contributed by atoms with Gasteiger partial charge in [0.25, 0.3) is 0 Å². The van der Waals surface area contributed by atoms with Crippen LogP contribution in [0.3, 0.4) is 0 Å². The van der Waals surface area contributed by atoms with Crippen LogP contribution in [-0.2, 0) is 11.3 Å². The molecule has 0 unspecified atom stereocenters. The summed E-state index contributed by atoms with van der Waals surface area (Å²) >= 11 is 0. The smallest absolute Gasteiger partial charge is 0.241 e. The van der Waals surface area contributed by atoms with E-state index in [-0.39, 0.29) is 11.8 Å². The first-order chi connectivity index (χ1) is 10.0. The Morgan fingerprint density at radius 2 is 1.86 bits per heavy atom. The van der Waals surface area contributed by atoms with Crippen LogP contribution in [0.2, 0.25) is 0 Å². The van der Waals surface area contributed by atoms with Crippen molar-refractivity contribution in [2.24, 2.45) is 11.7 Å². The lowest BCUT2D eigenvalue weighted by molar-refractivity contribution is -0.118. The molecule has 4 nitrogen and oxygen atoms in total. The maximum atomic E-state index is 12.2. The average Bonchev–Trinajstić information content (AvgIpc) is 2.52. The molecule has 0 bridgehead atoms. The van der Waals surface area contributed by atoms with Crippen molar-refractivity contribution in [1.82, 2.24) is 4.90 Å². The summed E-state index contributed by atoms with van der Waals surface area (Å²) in [5, 5.41) is 2.99. The van der Waals surface area contributed by atoms with Gasteiger partial charge < -0.3 is 11.1 Å². The summed E-state index contributed by atoms with van der Waals surface area (Å²) in [4.78, 5) is 14.6. The first-order valence-electron chi connectivity index (χ1n) is 7.90. The van der Waals surface area contributed by atoms with Gasteiger partial charge in [0.2, 0.25) is 5.91 Å². The molecule has 1 rings (SSSR count). The van der Waals surface area contributed by atoms with Crippen LogP contribution >= 0.6 is 0 Å². The summed E-state index contributed by atoms with van der Waals surface area (Å²) < 4.78 is 0. The molecule has 0 saturated heterocycles. The first-order valence-corrected chi connectivity index (χ1v) is 7.90. The van der Waals surface area contributed by atoms with Gasteiger partial charge in [-0.25, -0.2) is 0 Å². The van der Waals surface area contributed by atoms with Crippen LogP contribution in [0.5, 0.6) is 0 Å². The van der Waals surface area contributed by atoms with E-state index in [1.165, 1.54) is 0 Å². The van der Waals surface area contributed by atoms with Gasteiger partial charge in [-0.05, 0) is 30.6 Å². The molecule has 21 heavy (non-hydrogen) atoms. The van der Waals surface area contributed by atoms with Crippen molar-refractivity contribution in [2.45, 2.75) is 46.7 Å². The summed E-state index contributed by atoms with van der Waals surface area (Å²) in [6, 6.07) is 7.48. The highest BCUT2D eigenvalue weighted by Gasteiger charge is 2.20. The number of nitrogens with two attached hydrogens (primary N) is 1. The Bertz CT molecular complexity index is 443. The topological polar surface area (TPSA) is 58.4 Å². The molecule has 0 aliphatic carbocycles. The van der Waals surface area contributed by atoms with E-state index in [4.69, 9.17) is 5.73 Å². The highest BCUT2D eigenvalue weighted by molar-refractivity contribution is 5.95. The maximum absolute atomic E-state index is 12.2. The molecule has 0 saturated carbocycles. The van der Waals surface area contributed by atoms with Crippen molar-refractivity contribution in [3.05, 3.63) is 29.8 Å². The maximum Gasteiger partial charge on any atom is 0.241 e. The molecule has 0 fully saturated rings. The number of anilines is 1. The lowest BCUT2D eigenvalue weighted by Crippen LogP contribution is -2.40. The summed E-state index contributed by atoms with van der Waals surface area (Å²) in [5.74, 6) is 0.0799. The van der Waals surface area contributed by atoms with Gasteiger partial charge in [-0.2, -0.15) is 0 Å². The van der Waals surface area contributed by atoms with E-state index in [1.54, 1.807) is 0 Å². The van der Waals surface area contributed by atoms with E-state index >= 15 is 0 Å². The molecule has 118 valence electrons. The Morgan fingerprint density at radius 1 is 1.24 bits per heavy atom. The number of rotatable bonds is 8. The molecule has 3 N–H and O–H groups in total. The van der Waals surface area contributed by atoms with Gasteiger partial charge in [0.05, 0.1) is 6.04 Å². The minimum Gasteiger partial charge on any atom is -0.324 e. The van der Waals surface area contributed by atoms with Gasteiger partial charge in [-0.15, -0.1) is 0 Å². The third-order valence-corrected chi connectivity index (χ3v) is 4.12. The van der Waals surface area contributed by atoms with Gasteiger partial charge in [0.1, 0.15) is 0 Å². The Balaban J connectivity index is 2.81. The van der Waals surface area contributed by atoms with Gasteiger partial charge >= 0.3 is 0 Å². The van der Waals surface area contributed by atoms with Gasteiger partial charge in [-0.1, -0.05) is 52.3 Å². The lowest BCUT2D eigenvalue weighted by atomic mass is 9.99. The van der Waals surface area contributed by atoms with Crippen molar-refractivity contribution in [3.8, 4) is 0 Å². The van der Waals surface area contributed by atoms with E-state index in [1.807, 2.05) is 32.0 Å². The average molecular weight is 291 g/mol. The minimum atomic E-state index is -0.462. The lowest BCUT2D eigenvalue weighted by Gasteiger charge is -2.22. The van der Waals surface area contributed by atoms with E-state index < -0.39 is 6.04 Å². The fourth-order valence-electron chi connectivity index (χ4n) is 2.20. The van der Waals surface area contributed by atoms with Crippen LogP contribution in [0.15, 0.2) is 24.3 Å². The number of carbonyl (C=O) groups excluding carboxylic acids is 1. The zero-order valence-corrected chi connectivity index (χ0v) is 13.7. The third-order valence-electron chi connectivity index (χ3n) is 4.12. The second kappa shape index (κ2) is 8.80. The van der Waals surface area contributed by atoms with Crippen LogP contribution in [-0.4, -0.2) is 29.9 Å². The highest BCUT2D eigenvalue weighted by atomic mass is 16.2. The molecule has 0 aliphatic heterocycles. The van der Waals surface area contributed by atoms with Crippen LogP contribution < -0.4 is 11.1 Å². The molecule has 1 aromatic rings. The van der Waals surface area contributed by atoms with Gasteiger partial charge in [-0.3, -0.25) is 9.69 Å². The number of para-hydroxylation sites is 1. The first kappa shape index (κ1) is 17.7. The fraction of sp³-hybridized carbons (Fsp3) is 0.588. The van der Waals surface area contributed by atoms with Crippen LogP contribution in [0.4, 0.5) is 5.69 Å². The molecular weight excluding hydrogens is 262 g/mol. The van der Waals surface area contributed by atoms with E-state index in [9.17, 15) is 4.79 Å². The summed E-state index contributed by atoms with van der Waals surface area (Å²) in [6.45, 7) is 11.2. The summed E-state index contributed by atoms with van der Waals surface area (Å²) in [6.07, 6.45) is 0.898. The third kappa shape index (κ3) is 5.14. The predicted octanol–water partition coefficient (Wildman–Crippen LogP) is 2.84. The molecule has 4 heteroatoms. The molecule has 0 radical (unpaired) electrons. The van der Waals surface area contributed by atoms with Crippen LogP contribution in [0, 0.1) is 5.92 Å². The number of amides is 1. The standard InChI is InChI=1S/C17H29N3O/c1-5-13(4)16(18)17(21)19-15-11-9-8-10-14(15)12-20(6-2)7-3/h8-11,13,16H,5-7,12,18H2,1-4H3,(H,19,21)/t13-,16-/m0/s1. The van der Waals surface area contributed by atoms with Crippen LogP contribution in [0.1, 0.15) is 39.7 Å². The van der Waals surface area contributed by atoms with Gasteiger partial charge in [0.15, 0.2) is 0 Å². The van der Waals surface area contributed by atoms with E-state index in [2.05, 4.69) is 30.1 Å². The largest absolute Gasteiger partial charge is 0.324 e. The monoisotopic (exact) mass is 291 g/mol. The molecular formula is C17H29N3O. The quantitative estimate of drug-likeness (QED) is 0.774. The van der Waals surface area contributed by atoms with E-state index in [0.29, 0.717) is 0 Å². The number of hydrogen-bond acceptors (Lipinski definition) is 3. The molecule has 0 spiro atoms. The predicted molar refractivity (Wildman–Crippen MR) is 89.1 cm³/mol. The van der Waals surface area contributed by atoms with Crippen molar-refractivity contribution in [3.63, 3.8) is 0 Å². The van der Waals surface area contributed by atoms with Crippen molar-refractivity contribution < 1.29 is 4.79 Å². The number of carbonyl (C=O) groups is 1. The molecule has 0 aromatic heterocycles. The molecule has 1 amide bonds. The second-order valence-electron chi connectivity index (χ2n) is 5.52. The Morgan fingerprint density at radius 3 is 2.43 bits per heavy atom. The van der Waals surface area contributed by atoms with Crippen molar-refractivity contribution >= 4 is 11.6 Å². The summed E-state index contributed by atoms with van der Waals surface area (Å²) in [5.41, 5.74) is 8.00. The Hall–Kier alpha value is -1.39.